The third kappa shape index (κ3) is 3.07. The van der Waals surface area contributed by atoms with Gasteiger partial charge in [0, 0.05) is 24.4 Å². The zero-order chi connectivity index (χ0) is 19.1. The van der Waals surface area contributed by atoms with E-state index in [-0.39, 0.29) is 11.9 Å². The fourth-order valence-corrected chi connectivity index (χ4v) is 4.02. The Hall–Kier alpha value is -3.06. The van der Waals surface area contributed by atoms with Crippen molar-refractivity contribution < 1.29 is 8.91 Å². The number of nitrogens with zero attached hydrogens (tertiary/aromatic N) is 5. The smallest absolute Gasteiger partial charge is 0.133 e. The van der Waals surface area contributed by atoms with Gasteiger partial charge in [-0.1, -0.05) is 28.6 Å². The van der Waals surface area contributed by atoms with E-state index in [1.165, 1.54) is 12.1 Å². The maximum Gasteiger partial charge on any atom is 0.133 e. The van der Waals surface area contributed by atoms with E-state index in [0.29, 0.717) is 0 Å². The summed E-state index contributed by atoms with van der Waals surface area (Å²) in [7, 11) is 0. The van der Waals surface area contributed by atoms with Gasteiger partial charge in [-0.15, -0.1) is 5.10 Å². The highest BCUT2D eigenvalue weighted by Gasteiger charge is 2.30. The standard InChI is InChI=1S/C21H20FN5O/c1-14-10-18(24-28-14)13-26-9-3-6-19(26)21-20-8-7-16(12-27(20)25-23-21)15-4-2-5-17(22)11-15/h2,4-5,7-8,10-12,19H,3,6,9,13H2,1H3. The third-order valence-corrected chi connectivity index (χ3v) is 5.32. The zero-order valence-corrected chi connectivity index (χ0v) is 15.5. The fourth-order valence-electron chi connectivity index (χ4n) is 4.02. The molecule has 4 aromatic rings. The Balaban J connectivity index is 1.45. The average Bonchev–Trinajstić information content (AvgIpc) is 3.41. The molecule has 0 saturated carbocycles. The lowest BCUT2D eigenvalue weighted by molar-refractivity contribution is 0.237. The van der Waals surface area contributed by atoms with Gasteiger partial charge in [-0.2, -0.15) is 0 Å². The number of aryl methyl sites for hydroxylation is 1. The molecule has 1 aliphatic rings. The van der Waals surface area contributed by atoms with Crippen molar-refractivity contribution in [2.75, 3.05) is 6.54 Å². The summed E-state index contributed by atoms with van der Waals surface area (Å²) < 4.78 is 20.5. The first-order chi connectivity index (χ1) is 13.7. The molecule has 0 bridgehead atoms. The summed E-state index contributed by atoms with van der Waals surface area (Å²) in [6.45, 7) is 3.64. The highest BCUT2D eigenvalue weighted by Crippen LogP contribution is 2.34. The molecule has 1 saturated heterocycles. The second-order valence-electron chi connectivity index (χ2n) is 7.29. The molecule has 0 spiro atoms. The van der Waals surface area contributed by atoms with Crippen LogP contribution in [0.5, 0.6) is 0 Å². The minimum absolute atomic E-state index is 0.203. The SMILES string of the molecule is Cc1cc(CN2CCCC2c2nnn3cc(-c4cccc(F)c4)ccc23)no1. The molecular weight excluding hydrogens is 357 g/mol. The van der Waals surface area contributed by atoms with Gasteiger partial charge in [0.15, 0.2) is 0 Å². The number of aromatic nitrogens is 4. The van der Waals surface area contributed by atoms with Crippen molar-refractivity contribution in [1.82, 2.24) is 24.9 Å². The molecule has 5 rings (SSSR count). The summed E-state index contributed by atoms with van der Waals surface area (Å²) in [6.07, 6.45) is 4.06. The van der Waals surface area contributed by atoms with Crippen LogP contribution in [0.2, 0.25) is 0 Å². The largest absolute Gasteiger partial charge is 0.361 e. The number of likely N-dealkylation sites (tertiary alicyclic amines) is 1. The zero-order valence-electron chi connectivity index (χ0n) is 15.5. The molecular formula is C21H20FN5O. The fraction of sp³-hybridized carbons (Fsp3) is 0.286. The number of rotatable bonds is 4. The van der Waals surface area contributed by atoms with Gasteiger partial charge in [-0.25, -0.2) is 8.91 Å². The Morgan fingerprint density at radius 1 is 1.18 bits per heavy atom. The van der Waals surface area contributed by atoms with Crippen molar-refractivity contribution in [1.29, 1.82) is 0 Å². The predicted molar refractivity (Wildman–Crippen MR) is 102 cm³/mol. The van der Waals surface area contributed by atoms with Crippen LogP contribution in [0.25, 0.3) is 16.6 Å². The van der Waals surface area contributed by atoms with Crippen molar-refractivity contribution in [3.05, 3.63) is 71.6 Å². The van der Waals surface area contributed by atoms with Crippen LogP contribution < -0.4 is 0 Å². The third-order valence-electron chi connectivity index (χ3n) is 5.32. The lowest BCUT2D eigenvalue weighted by atomic mass is 10.1. The lowest BCUT2D eigenvalue weighted by Crippen LogP contribution is -2.23. The summed E-state index contributed by atoms with van der Waals surface area (Å²) in [6, 6.07) is 12.8. The monoisotopic (exact) mass is 377 g/mol. The first kappa shape index (κ1) is 17.1. The Morgan fingerprint density at radius 2 is 2.11 bits per heavy atom. The molecule has 1 fully saturated rings. The van der Waals surface area contributed by atoms with Crippen LogP contribution in [0.1, 0.15) is 36.0 Å². The van der Waals surface area contributed by atoms with Crippen molar-refractivity contribution in [3.8, 4) is 11.1 Å². The number of hydrogen-bond donors (Lipinski definition) is 0. The van der Waals surface area contributed by atoms with Gasteiger partial charge in [0.25, 0.3) is 0 Å². The summed E-state index contributed by atoms with van der Waals surface area (Å²) in [4.78, 5) is 2.38. The minimum Gasteiger partial charge on any atom is -0.361 e. The first-order valence-electron chi connectivity index (χ1n) is 9.44. The van der Waals surface area contributed by atoms with E-state index in [4.69, 9.17) is 4.52 Å². The summed E-state index contributed by atoms with van der Waals surface area (Å²) in [5.74, 6) is 0.575. The second-order valence-corrected chi connectivity index (χ2v) is 7.29. The Bertz CT molecular complexity index is 1130. The van der Waals surface area contributed by atoms with Crippen LogP contribution >= 0.6 is 0 Å². The van der Waals surface area contributed by atoms with Gasteiger partial charge >= 0.3 is 0 Å². The van der Waals surface area contributed by atoms with Gasteiger partial charge in [-0.05, 0) is 50.1 Å². The molecule has 0 aliphatic carbocycles. The maximum atomic E-state index is 13.5. The average molecular weight is 377 g/mol. The summed E-state index contributed by atoms with van der Waals surface area (Å²) in [5, 5.41) is 12.9. The van der Waals surface area contributed by atoms with Crippen LogP contribution in [0, 0.1) is 12.7 Å². The van der Waals surface area contributed by atoms with Gasteiger partial charge in [-0.3, -0.25) is 4.90 Å². The number of pyridine rings is 1. The van der Waals surface area contributed by atoms with Crippen molar-refractivity contribution in [3.63, 3.8) is 0 Å². The van der Waals surface area contributed by atoms with E-state index >= 15 is 0 Å². The molecule has 28 heavy (non-hydrogen) atoms. The number of fused-ring (bicyclic) bond motifs is 1. The van der Waals surface area contributed by atoms with Crippen molar-refractivity contribution in [2.45, 2.75) is 32.4 Å². The number of benzene rings is 1. The van der Waals surface area contributed by atoms with Crippen LogP contribution in [-0.4, -0.2) is 31.4 Å². The van der Waals surface area contributed by atoms with Gasteiger partial charge in [0.1, 0.15) is 17.3 Å². The summed E-state index contributed by atoms with van der Waals surface area (Å²) >= 11 is 0. The van der Waals surface area contributed by atoms with Crippen LogP contribution in [0.15, 0.2) is 53.2 Å². The molecule has 142 valence electrons. The van der Waals surface area contributed by atoms with Crippen LogP contribution in [0.3, 0.4) is 0 Å². The molecule has 3 aromatic heterocycles. The highest BCUT2D eigenvalue weighted by molar-refractivity contribution is 5.66. The molecule has 6 nitrogen and oxygen atoms in total. The molecule has 7 heteroatoms. The van der Waals surface area contributed by atoms with Gasteiger partial charge in [0.2, 0.25) is 0 Å². The molecule has 1 atom stereocenters. The normalized spacial score (nSPS) is 17.6. The van der Waals surface area contributed by atoms with Crippen LogP contribution in [0.4, 0.5) is 4.39 Å². The molecule has 0 radical (unpaired) electrons. The van der Waals surface area contributed by atoms with Gasteiger partial charge < -0.3 is 4.52 Å². The molecule has 1 unspecified atom stereocenters. The van der Waals surface area contributed by atoms with E-state index in [0.717, 1.165) is 59.7 Å². The second kappa shape index (κ2) is 6.83. The lowest BCUT2D eigenvalue weighted by Gasteiger charge is -2.21. The van der Waals surface area contributed by atoms with E-state index in [2.05, 4.69) is 20.4 Å². The molecule has 4 heterocycles. The molecule has 0 N–H and O–H groups in total. The van der Waals surface area contributed by atoms with Crippen molar-refractivity contribution >= 4 is 5.52 Å². The quantitative estimate of drug-likeness (QED) is 0.534. The maximum absolute atomic E-state index is 13.5. The minimum atomic E-state index is -0.249. The first-order valence-corrected chi connectivity index (χ1v) is 9.44. The van der Waals surface area contributed by atoms with E-state index < -0.39 is 0 Å². The Morgan fingerprint density at radius 3 is 2.93 bits per heavy atom. The Kier molecular flexibility index (Phi) is 4.16. The highest BCUT2D eigenvalue weighted by atomic mass is 19.1. The molecule has 1 aromatic carbocycles. The number of halogens is 1. The van der Waals surface area contributed by atoms with E-state index in [9.17, 15) is 4.39 Å². The molecule has 0 amide bonds. The summed E-state index contributed by atoms with van der Waals surface area (Å²) in [5.41, 5.74) is 4.62. The van der Waals surface area contributed by atoms with E-state index in [1.54, 1.807) is 10.6 Å². The Labute approximate surface area is 161 Å². The van der Waals surface area contributed by atoms with Gasteiger partial charge in [0.05, 0.1) is 17.3 Å². The van der Waals surface area contributed by atoms with E-state index in [1.807, 2.05) is 37.4 Å². The molecule has 1 aliphatic heterocycles. The van der Waals surface area contributed by atoms with Crippen molar-refractivity contribution in [2.24, 2.45) is 0 Å². The topological polar surface area (TPSA) is 59.5 Å². The van der Waals surface area contributed by atoms with Crippen LogP contribution in [-0.2, 0) is 6.54 Å². The predicted octanol–water partition coefficient (Wildman–Crippen LogP) is 4.17. The number of hydrogen-bond acceptors (Lipinski definition) is 5.